The molecule has 0 aliphatic heterocycles. The molecule has 1 heterocycles. The highest BCUT2D eigenvalue weighted by Crippen LogP contribution is 2.39. The fourth-order valence-electron chi connectivity index (χ4n) is 2.92. The van der Waals surface area contributed by atoms with Crippen LogP contribution in [-0.2, 0) is 6.18 Å². The average Bonchev–Trinajstić information content (AvgIpc) is 2.64. The monoisotopic (exact) mass is 412 g/mol. The Kier molecular flexibility index (Phi) is 5.31. The zero-order valence-corrected chi connectivity index (χ0v) is 15.5. The standard InChI is InChI=1S/C19H13Cl2F3N2O/c1-11(12-7-3-2-4-8-12)26-15(16(20)25-17(21)18(26)27)13-9-5-6-10-14(13)19(22,23)24/h2-11H,1H3/t11-/m1/s1. The van der Waals surface area contributed by atoms with Crippen LogP contribution in [0, 0.1) is 0 Å². The second kappa shape index (κ2) is 7.37. The second-order valence-corrected chi connectivity index (χ2v) is 6.56. The van der Waals surface area contributed by atoms with Gasteiger partial charge in [0.1, 0.15) is 0 Å². The van der Waals surface area contributed by atoms with E-state index < -0.39 is 28.5 Å². The number of benzene rings is 2. The van der Waals surface area contributed by atoms with Crippen LogP contribution in [0.1, 0.15) is 24.1 Å². The molecule has 0 spiro atoms. The Morgan fingerprint density at radius 1 is 0.963 bits per heavy atom. The van der Waals surface area contributed by atoms with Gasteiger partial charge in [-0.15, -0.1) is 0 Å². The Morgan fingerprint density at radius 2 is 1.56 bits per heavy atom. The fraction of sp³-hybridized carbons (Fsp3) is 0.158. The van der Waals surface area contributed by atoms with E-state index in [9.17, 15) is 18.0 Å². The van der Waals surface area contributed by atoms with E-state index in [0.717, 1.165) is 10.6 Å². The summed E-state index contributed by atoms with van der Waals surface area (Å²) in [5.41, 5.74) is -1.29. The van der Waals surface area contributed by atoms with Crippen molar-refractivity contribution in [3.8, 4) is 11.3 Å². The van der Waals surface area contributed by atoms with Crippen LogP contribution < -0.4 is 5.56 Å². The quantitative estimate of drug-likeness (QED) is 0.540. The first-order chi connectivity index (χ1) is 12.7. The van der Waals surface area contributed by atoms with Crippen LogP contribution >= 0.6 is 23.2 Å². The molecule has 0 amide bonds. The Balaban J connectivity index is 2.36. The molecule has 8 heteroatoms. The van der Waals surface area contributed by atoms with E-state index in [1.54, 1.807) is 37.3 Å². The van der Waals surface area contributed by atoms with Gasteiger partial charge in [-0.25, -0.2) is 4.98 Å². The van der Waals surface area contributed by atoms with Gasteiger partial charge in [-0.3, -0.25) is 9.36 Å². The largest absolute Gasteiger partial charge is 0.417 e. The van der Waals surface area contributed by atoms with Crippen LogP contribution in [-0.4, -0.2) is 9.55 Å². The number of hydrogen-bond donors (Lipinski definition) is 0. The van der Waals surface area contributed by atoms with Crippen molar-refractivity contribution in [3.05, 3.63) is 86.4 Å². The summed E-state index contributed by atoms with van der Waals surface area (Å²) in [6, 6.07) is 13.1. The molecule has 1 atom stereocenters. The molecule has 0 radical (unpaired) electrons. The third kappa shape index (κ3) is 3.73. The normalized spacial score (nSPS) is 12.8. The van der Waals surface area contributed by atoms with E-state index >= 15 is 0 Å². The van der Waals surface area contributed by atoms with Gasteiger partial charge in [0.05, 0.1) is 17.3 Å². The minimum atomic E-state index is -4.63. The minimum absolute atomic E-state index is 0.129. The predicted octanol–water partition coefficient (Wildman–Crippen LogP) is 5.85. The molecule has 0 aliphatic carbocycles. The molecule has 2 aromatic carbocycles. The topological polar surface area (TPSA) is 34.9 Å². The van der Waals surface area contributed by atoms with Gasteiger partial charge in [-0.2, -0.15) is 13.2 Å². The van der Waals surface area contributed by atoms with Crippen molar-refractivity contribution >= 4 is 23.2 Å². The minimum Gasteiger partial charge on any atom is -0.295 e. The van der Waals surface area contributed by atoms with Crippen LogP contribution in [0.4, 0.5) is 13.2 Å². The maximum absolute atomic E-state index is 13.5. The lowest BCUT2D eigenvalue weighted by Gasteiger charge is -2.23. The Bertz CT molecular complexity index is 1030. The van der Waals surface area contributed by atoms with Gasteiger partial charge in [0.2, 0.25) is 0 Å². The van der Waals surface area contributed by atoms with Gasteiger partial charge in [-0.05, 0) is 18.6 Å². The smallest absolute Gasteiger partial charge is 0.295 e. The van der Waals surface area contributed by atoms with Crippen molar-refractivity contribution in [2.24, 2.45) is 0 Å². The zero-order chi connectivity index (χ0) is 19.8. The molecule has 0 fully saturated rings. The number of alkyl halides is 3. The molecule has 3 nitrogen and oxygen atoms in total. The van der Waals surface area contributed by atoms with Gasteiger partial charge in [-0.1, -0.05) is 71.7 Å². The van der Waals surface area contributed by atoms with Crippen molar-refractivity contribution in [3.63, 3.8) is 0 Å². The lowest BCUT2D eigenvalue weighted by Crippen LogP contribution is -2.28. The number of nitrogens with zero attached hydrogens (tertiary/aromatic N) is 2. The molecular weight excluding hydrogens is 400 g/mol. The summed E-state index contributed by atoms with van der Waals surface area (Å²) in [5.74, 6) is 0. The van der Waals surface area contributed by atoms with E-state index in [0.29, 0.717) is 5.56 Å². The first-order valence-corrected chi connectivity index (χ1v) is 8.66. The number of aromatic nitrogens is 2. The molecule has 1 aromatic heterocycles. The maximum Gasteiger partial charge on any atom is 0.417 e. The number of rotatable bonds is 3. The van der Waals surface area contributed by atoms with Crippen molar-refractivity contribution in [2.75, 3.05) is 0 Å². The van der Waals surface area contributed by atoms with Gasteiger partial charge in [0.25, 0.3) is 5.56 Å². The molecule has 3 aromatic rings. The molecule has 0 unspecified atom stereocenters. The van der Waals surface area contributed by atoms with Gasteiger partial charge in [0.15, 0.2) is 10.3 Å². The van der Waals surface area contributed by atoms with E-state index in [2.05, 4.69) is 4.98 Å². The summed E-state index contributed by atoms with van der Waals surface area (Å²) in [5, 5.41) is -0.685. The lowest BCUT2D eigenvalue weighted by molar-refractivity contribution is -0.137. The van der Waals surface area contributed by atoms with E-state index in [4.69, 9.17) is 23.2 Å². The SMILES string of the molecule is C[C@H](c1ccccc1)n1c(-c2ccccc2C(F)(F)F)c(Cl)nc(Cl)c1=O. The van der Waals surface area contributed by atoms with Crippen LogP contribution in [0.15, 0.2) is 59.4 Å². The average molecular weight is 413 g/mol. The third-order valence-electron chi connectivity index (χ3n) is 4.18. The number of halogens is 5. The van der Waals surface area contributed by atoms with E-state index in [1.807, 2.05) is 0 Å². The molecule has 0 aliphatic rings. The first kappa shape index (κ1) is 19.5. The highest BCUT2D eigenvalue weighted by atomic mass is 35.5. The van der Waals surface area contributed by atoms with Crippen LogP contribution in [0.3, 0.4) is 0 Å². The van der Waals surface area contributed by atoms with Crippen LogP contribution in [0.5, 0.6) is 0 Å². The Hall–Kier alpha value is -2.31. The molecule has 27 heavy (non-hydrogen) atoms. The zero-order valence-electron chi connectivity index (χ0n) is 14.0. The predicted molar refractivity (Wildman–Crippen MR) is 99.2 cm³/mol. The maximum atomic E-state index is 13.5. The highest BCUT2D eigenvalue weighted by Gasteiger charge is 2.35. The summed E-state index contributed by atoms with van der Waals surface area (Å²) in [6.45, 7) is 1.68. The van der Waals surface area contributed by atoms with Gasteiger partial charge >= 0.3 is 6.18 Å². The molecule has 0 saturated heterocycles. The lowest BCUT2D eigenvalue weighted by atomic mass is 10.0. The van der Waals surface area contributed by atoms with Crippen molar-refractivity contribution < 1.29 is 13.2 Å². The molecule has 0 saturated carbocycles. The van der Waals surface area contributed by atoms with E-state index in [-0.39, 0.29) is 16.4 Å². The third-order valence-corrected chi connectivity index (χ3v) is 4.69. The van der Waals surface area contributed by atoms with Crippen molar-refractivity contribution in [1.29, 1.82) is 0 Å². The van der Waals surface area contributed by atoms with Crippen LogP contribution in [0.2, 0.25) is 10.3 Å². The van der Waals surface area contributed by atoms with Crippen molar-refractivity contribution in [2.45, 2.75) is 19.1 Å². The van der Waals surface area contributed by atoms with Gasteiger partial charge < -0.3 is 0 Å². The molecule has 140 valence electrons. The summed E-state index contributed by atoms with van der Waals surface area (Å²) in [7, 11) is 0. The Morgan fingerprint density at radius 3 is 2.19 bits per heavy atom. The highest BCUT2D eigenvalue weighted by molar-refractivity contribution is 6.33. The fourth-order valence-corrected chi connectivity index (χ4v) is 3.41. The second-order valence-electron chi connectivity index (χ2n) is 5.85. The van der Waals surface area contributed by atoms with Crippen LogP contribution in [0.25, 0.3) is 11.3 Å². The van der Waals surface area contributed by atoms with Gasteiger partial charge in [0, 0.05) is 5.56 Å². The molecule has 3 rings (SSSR count). The molecular formula is C19H13Cl2F3N2O. The summed E-state index contributed by atoms with van der Waals surface area (Å²) < 4.78 is 41.7. The summed E-state index contributed by atoms with van der Waals surface area (Å²) in [6.07, 6.45) is -4.63. The van der Waals surface area contributed by atoms with Crippen molar-refractivity contribution in [1.82, 2.24) is 9.55 Å². The first-order valence-electron chi connectivity index (χ1n) is 7.91. The summed E-state index contributed by atoms with van der Waals surface area (Å²) >= 11 is 12.1. The number of hydrogen-bond acceptors (Lipinski definition) is 2. The molecule has 0 bridgehead atoms. The summed E-state index contributed by atoms with van der Waals surface area (Å²) in [4.78, 5) is 16.5. The molecule has 0 N–H and O–H groups in total. The van der Waals surface area contributed by atoms with E-state index in [1.165, 1.54) is 18.2 Å². The Labute approximate surface area is 163 Å².